The third-order valence-electron chi connectivity index (χ3n) is 2.23. The third kappa shape index (κ3) is 2.19. The molecule has 4 nitrogen and oxygen atoms in total. The molecule has 0 saturated carbocycles. The highest BCUT2D eigenvalue weighted by Gasteiger charge is 2.12. The Hall–Kier alpha value is -2.12. The first-order valence-corrected chi connectivity index (χ1v) is 5.19. The van der Waals surface area contributed by atoms with Crippen LogP contribution < -0.4 is 4.74 Å². The summed E-state index contributed by atoms with van der Waals surface area (Å²) in [4.78, 5) is 7.97. The summed E-state index contributed by atoms with van der Waals surface area (Å²) in [5.74, 6) is 0.407. The second kappa shape index (κ2) is 4.81. The fourth-order valence-electron chi connectivity index (χ4n) is 1.47. The zero-order chi connectivity index (χ0) is 12.3. The van der Waals surface area contributed by atoms with E-state index in [-0.39, 0.29) is 5.15 Å². The largest absolute Gasteiger partial charge is 0.491 e. The summed E-state index contributed by atoms with van der Waals surface area (Å²) in [5, 5.41) is 9.10. The van der Waals surface area contributed by atoms with Crippen LogP contribution in [0.25, 0.3) is 11.3 Å². The number of benzene rings is 1. The molecule has 1 aromatic heterocycles. The van der Waals surface area contributed by atoms with E-state index in [1.165, 1.54) is 13.4 Å². The van der Waals surface area contributed by atoms with Crippen molar-refractivity contribution in [3.05, 3.63) is 41.3 Å². The number of hydrogen-bond acceptors (Lipinski definition) is 4. The third-order valence-corrected chi connectivity index (χ3v) is 2.50. The highest BCUT2D eigenvalue weighted by atomic mass is 35.5. The van der Waals surface area contributed by atoms with Crippen LogP contribution in [-0.2, 0) is 0 Å². The molecule has 0 amide bonds. The number of ether oxygens (including phenoxy) is 1. The van der Waals surface area contributed by atoms with Crippen molar-refractivity contribution < 1.29 is 4.74 Å². The van der Waals surface area contributed by atoms with Crippen molar-refractivity contribution in [3.8, 4) is 23.1 Å². The van der Waals surface area contributed by atoms with E-state index in [1.807, 2.05) is 6.07 Å². The van der Waals surface area contributed by atoms with Crippen LogP contribution in [0, 0.1) is 11.3 Å². The lowest BCUT2D eigenvalue weighted by atomic mass is 10.1. The molecule has 0 bridgehead atoms. The van der Waals surface area contributed by atoms with E-state index in [0.29, 0.717) is 17.0 Å². The average molecular weight is 246 g/mol. The second-order valence-corrected chi connectivity index (χ2v) is 3.60. The Morgan fingerprint density at radius 2 is 2.18 bits per heavy atom. The number of rotatable bonds is 2. The first-order valence-electron chi connectivity index (χ1n) is 4.81. The van der Waals surface area contributed by atoms with E-state index in [4.69, 9.17) is 21.6 Å². The van der Waals surface area contributed by atoms with Crippen LogP contribution in [0.1, 0.15) is 5.56 Å². The van der Waals surface area contributed by atoms with Gasteiger partial charge in [-0.3, -0.25) is 0 Å². The molecule has 0 aliphatic rings. The molecule has 84 valence electrons. The molecular formula is C12H8ClN3O. The van der Waals surface area contributed by atoms with E-state index < -0.39 is 0 Å². The molecule has 0 aliphatic carbocycles. The second-order valence-electron chi connectivity index (χ2n) is 3.24. The molecule has 2 aromatic rings. The lowest BCUT2D eigenvalue weighted by Crippen LogP contribution is -1.94. The summed E-state index contributed by atoms with van der Waals surface area (Å²) >= 11 is 5.91. The SMILES string of the molecule is COc1c(Cl)ncnc1-c1cccc(C#N)c1. The molecule has 2 rings (SSSR count). The minimum Gasteiger partial charge on any atom is -0.491 e. The molecule has 0 atom stereocenters. The normalized spacial score (nSPS) is 9.71. The van der Waals surface area contributed by atoms with Gasteiger partial charge in [-0.15, -0.1) is 0 Å². The minimum absolute atomic E-state index is 0.250. The van der Waals surface area contributed by atoms with Gasteiger partial charge in [0.2, 0.25) is 0 Å². The van der Waals surface area contributed by atoms with E-state index in [2.05, 4.69) is 16.0 Å². The molecule has 17 heavy (non-hydrogen) atoms. The van der Waals surface area contributed by atoms with Gasteiger partial charge in [0.15, 0.2) is 10.9 Å². The van der Waals surface area contributed by atoms with Gasteiger partial charge in [-0.05, 0) is 12.1 Å². The number of methoxy groups -OCH3 is 1. The minimum atomic E-state index is 0.250. The summed E-state index contributed by atoms with van der Waals surface area (Å²) in [6, 6.07) is 9.13. The highest BCUT2D eigenvalue weighted by molar-refractivity contribution is 6.31. The van der Waals surface area contributed by atoms with Gasteiger partial charge in [-0.25, -0.2) is 9.97 Å². The molecule has 0 radical (unpaired) electrons. The Kier molecular flexibility index (Phi) is 3.22. The first kappa shape index (κ1) is 11.4. The lowest BCUT2D eigenvalue weighted by Gasteiger charge is -2.08. The van der Waals surface area contributed by atoms with Gasteiger partial charge in [-0.1, -0.05) is 23.7 Å². The number of aromatic nitrogens is 2. The van der Waals surface area contributed by atoms with Gasteiger partial charge >= 0.3 is 0 Å². The lowest BCUT2D eigenvalue weighted by molar-refractivity contribution is 0.413. The van der Waals surface area contributed by atoms with Crippen molar-refractivity contribution in [1.29, 1.82) is 5.26 Å². The smallest absolute Gasteiger partial charge is 0.182 e. The van der Waals surface area contributed by atoms with Gasteiger partial charge in [-0.2, -0.15) is 5.26 Å². The zero-order valence-electron chi connectivity index (χ0n) is 9.01. The predicted molar refractivity (Wildman–Crippen MR) is 63.7 cm³/mol. The molecular weight excluding hydrogens is 238 g/mol. The maximum absolute atomic E-state index is 8.85. The van der Waals surface area contributed by atoms with Crippen LogP contribution in [0.2, 0.25) is 5.15 Å². The molecule has 5 heteroatoms. The quantitative estimate of drug-likeness (QED) is 0.764. The van der Waals surface area contributed by atoms with Crippen LogP contribution in [0.3, 0.4) is 0 Å². The number of nitrogens with zero attached hydrogens (tertiary/aromatic N) is 3. The first-order chi connectivity index (χ1) is 8.26. The van der Waals surface area contributed by atoms with Gasteiger partial charge in [0.05, 0.1) is 18.7 Å². The molecule has 1 heterocycles. The van der Waals surface area contributed by atoms with Gasteiger partial charge in [0, 0.05) is 5.56 Å². The Labute approximate surface area is 103 Å². The van der Waals surface area contributed by atoms with E-state index >= 15 is 0 Å². The van der Waals surface area contributed by atoms with Crippen molar-refractivity contribution in [2.45, 2.75) is 0 Å². The van der Waals surface area contributed by atoms with E-state index in [0.717, 1.165) is 5.56 Å². The van der Waals surface area contributed by atoms with Crippen LogP contribution in [0.5, 0.6) is 5.75 Å². The molecule has 0 fully saturated rings. The van der Waals surface area contributed by atoms with Crippen LogP contribution in [-0.4, -0.2) is 17.1 Å². The summed E-state index contributed by atoms with van der Waals surface area (Å²) in [7, 11) is 1.50. The predicted octanol–water partition coefficient (Wildman–Crippen LogP) is 2.68. The number of halogens is 1. The standard InChI is InChI=1S/C12H8ClN3O/c1-17-11-10(15-7-16-12(11)13)9-4-2-3-8(5-9)6-14/h2-5,7H,1H3. The molecule has 0 N–H and O–H groups in total. The van der Waals surface area contributed by atoms with Crippen LogP contribution in [0.15, 0.2) is 30.6 Å². The molecule has 0 unspecified atom stereocenters. The summed E-state index contributed by atoms with van der Waals surface area (Å²) in [6.45, 7) is 0. The Morgan fingerprint density at radius 1 is 1.35 bits per heavy atom. The molecule has 0 spiro atoms. The Balaban J connectivity index is 2.60. The van der Waals surface area contributed by atoms with Crippen LogP contribution >= 0.6 is 11.6 Å². The van der Waals surface area contributed by atoms with E-state index in [9.17, 15) is 0 Å². The fourth-order valence-corrected chi connectivity index (χ4v) is 1.69. The van der Waals surface area contributed by atoms with Crippen molar-refractivity contribution in [2.24, 2.45) is 0 Å². The summed E-state index contributed by atoms with van der Waals surface area (Å²) in [5.41, 5.74) is 1.90. The van der Waals surface area contributed by atoms with Crippen molar-refractivity contribution in [1.82, 2.24) is 9.97 Å². The number of nitriles is 1. The zero-order valence-corrected chi connectivity index (χ0v) is 9.77. The molecule has 0 aliphatic heterocycles. The summed E-state index contributed by atoms with van der Waals surface area (Å²) in [6.07, 6.45) is 1.36. The van der Waals surface area contributed by atoms with Gasteiger partial charge in [0.1, 0.15) is 12.0 Å². The van der Waals surface area contributed by atoms with Crippen molar-refractivity contribution in [3.63, 3.8) is 0 Å². The van der Waals surface area contributed by atoms with Crippen molar-refractivity contribution >= 4 is 11.6 Å². The highest BCUT2D eigenvalue weighted by Crippen LogP contribution is 2.32. The Bertz CT molecular complexity index is 593. The number of hydrogen-bond donors (Lipinski definition) is 0. The maximum Gasteiger partial charge on any atom is 0.182 e. The van der Waals surface area contributed by atoms with Gasteiger partial charge in [0.25, 0.3) is 0 Å². The molecule has 0 saturated heterocycles. The van der Waals surface area contributed by atoms with Crippen LogP contribution in [0.4, 0.5) is 0 Å². The monoisotopic (exact) mass is 245 g/mol. The Morgan fingerprint density at radius 3 is 2.88 bits per heavy atom. The van der Waals surface area contributed by atoms with Gasteiger partial charge < -0.3 is 4.74 Å². The fraction of sp³-hybridized carbons (Fsp3) is 0.0833. The van der Waals surface area contributed by atoms with Crippen molar-refractivity contribution in [2.75, 3.05) is 7.11 Å². The maximum atomic E-state index is 8.85. The topological polar surface area (TPSA) is 58.8 Å². The summed E-state index contributed by atoms with van der Waals surface area (Å²) < 4.78 is 5.16. The average Bonchev–Trinajstić information content (AvgIpc) is 2.38. The van der Waals surface area contributed by atoms with E-state index in [1.54, 1.807) is 18.2 Å². The molecule has 1 aromatic carbocycles.